The maximum absolute atomic E-state index is 14.8. The molecule has 54 heavy (non-hydrogen) atoms. The van der Waals surface area contributed by atoms with E-state index >= 15 is 0 Å². The Hall–Kier alpha value is -1.17. The van der Waals surface area contributed by atoms with Crippen LogP contribution in [0.25, 0.3) is 0 Å². The van der Waals surface area contributed by atoms with Crippen LogP contribution in [0.3, 0.4) is 0 Å². The van der Waals surface area contributed by atoms with E-state index in [0.717, 1.165) is 49.7 Å². The van der Waals surface area contributed by atoms with E-state index in [9.17, 15) is 57.1 Å². The van der Waals surface area contributed by atoms with Crippen molar-refractivity contribution in [3.8, 4) is 0 Å². The second kappa shape index (κ2) is 13.4. The minimum absolute atomic E-state index is 0.166. The van der Waals surface area contributed by atoms with Gasteiger partial charge in [0.05, 0.1) is 0 Å². The first kappa shape index (κ1) is 42.4. The van der Waals surface area contributed by atoms with Crippen molar-refractivity contribution in [1.82, 2.24) is 0 Å². The topological polar surface area (TPSA) is 0 Å². The minimum atomic E-state index is -7.90. The van der Waals surface area contributed by atoms with Crippen LogP contribution in [-0.4, -0.2) is 44.8 Å². The zero-order valence-corrected chi connectivity index (χ0v) is 32.9. The van der Waals surface area contributed by atoms with Gasteiger partial charge in [-0.3, -0.25) is 0 Å². The molecule has 5 saturated carbocycles. The van der Waals surface area contributed by atoms with Crippen LogP contribution in [0.15, 0.2) is 24.3 Å². The third-order valence-electron chi connectivity index (χ3n) is 15.5. The van der Waals surface area contributed by atoms with Crippen LogP contribution in [0.4, 0.5) is 57.1 Å². The molecule has 308 valence electrons. The molecule has 6 rings (SSSR count). The zero-order valence-electron chi connectivity index (χ0n) is 31.2. The van der Waals surface area contributed by atoms with Gasteiger partial charge >= 0.3 is 290 Å². The number of rotatable bonds is 12. The summed E-state index contributed by atoms with van der Waals surface area (Å²) in [6.07, 6.45) is 6.68. The van der Waals surface area contributed by atoms with Gasteiger partial charge in [-0.2, -0.15) is 0 Å². The molecular weight excluding hydrogens is 806 g/mol. The van der Waals surface area contributed by atoms with Crippen molar-refractivity contribution in [1.29, 1.82) is 0 Å². The monoisotopic (exact) mass is 858 g/mol. The standard InChI is InChI=1S/C40H51F13Se/c1-22(2)7-6-8-23(3)27-13-14-28-26-15-20-34-21-30(34)31(17-19-33(34,5)29(26)16-18-32(27,28)4)54-25-11-9-24(10-12-25)35(41,42)36(43,44)37(45,46)38(47,48)39(49,50)40(51,52)53/h9-12,22-23,26-31H,6-8,13-21H2,1-5H3/t23-,26+,27-,28+,29+,30+,31-,32-,33-,34+/m1/s1. The summed E-state index contributed by atoms with van der Waals surface area (Å²) in [5.41, 5.74) is -1.21. The van der Waals surface area contributed by atoms with Gasteiger partial charge in [0.15, 0.2) is 0 Å². The van der Waals surface area contributed by atoms with E-state index in [1.807, 2.05) is 0 Å². The van der Waals surface area contributed by atoms with Gasteiger partial charge in [-0.1, -0.05) is 20.3 Å². The summed E-state index contributed by atoms with van der Waals surface area (Å²) in [6.45, 7) is 12.0. The Morgan fingerprint density at radius 3 is 1.85 bits per heavy atom. The van der Waals surface area contributed by atoms with Crippen molar-refractivity contribution in [3.63, 3.8) is 0 Å². The zero-order chi connectivity index (χ0) is 40.3. The first-order valence-corrected chi connectivity index (χ1v) is 21.2. The predicted octanol–water partition coefficient (Wildman–Crippen LogP) is 13.1. The molecule has 1 spiro atoms. The summed E-state index contributed by atoms with van der Waals surface area (Å²) < 4.78 is 179. The van der Waals surface area contributed by atoms with Crippen LogP contribution in [0.1, 0.15) is 117 Å². The van der Waals surface area contributed by atoms with Crippen molar-refractivity contribution >= 4 is 19.4 Å². The molecule has 0 radical (unpaired) electrons. The van der Waals surface area contributed by atoms with Crippen molar-refractivity contribution in [3.05, 3.63) is 29.8 Å². The van der Waals surface area contributed by atoms with E-state index in [2.05, 4.69) is 34.6 Å². The van der Waals surface area contributed by atoms with E-state index in [-0.39, 0.29) is 30.6 Å². The summed E-state index contributed by atoms with van der Waals surface area (Å²) in [7, 11) is 0. The van der Waals surface area contributed by atoms with E-state index in [4.69, 9.17) is 0 Å². The predicted molar refractivity (Wildman–Crippen MR) is 181 cm³/mol. The summed E-state index contributed by atoms with van der Waals surface area (Å²) in [5.74, 6) is -32.3. The Morgan fingerprint density at radius 2 is 1.26 bits per heavy atom. The van der Waals surface area contributed by atoms with Gasteiger partial charge in [-0.05, 0) is 5.92 Å². The third-order valence-corrected chi connectivity index (χ3v) is 18.4. The molecular formula is C40H51F13Se. The second-order valence-electron chi connectivity index (χ2n) is 18.4. The Kier molecular flexibility index (Phi) is 10.6. The Labute approximate surface area is 315 Å². The fourth-order valence-corrected chi connectivity index (χ4v) is 15.4. The van der Waals surface area contributed by atoms with Gasteiger partial charge < -0.3 is 0 Å². The molecule has 0 aliphatic heterocycles. The average Bonchev–Trinajstić information content (AvgIpc) is 3.71. The van der Waals surface area contributed by atoms with E-state index < -0.39 is 41.4 Å². The van der Waals surface area contributed by atoms with Crippen LogP contribution in [-0.2, 0) is 5.92 Å². The summed E-state index contributed by atoms with van der Waals surface area (Å²) in [6, 6.07) is 2.67. The molecule has 0 saturated heterocycles. The number of hydrogen-bond donors (Lipinski definition) is 0. The summed E-state index contributed by atoms with van der Waals surface area (Å²) in [4.78, 5) is 0.207. The van der Waals surface area contributed by atoms with E-state index in [1.165, 1.54) is 51.4 Å². The SMILES string of the molecule is CC(C)CCC[C@@H](C)[C@H]1CC[C@H]2[C@@H]3CC[C@]45C[C@H]4[C@H]([Se]c4ccc(C(F)(F)C(F)(F)C(F)(F)C(F)(F)C(F)(F)C(F)(F)F)cc4)CC[C@]5(C)[C@H]3CC[C@]12C. The summed E-state index contributed by atoms with van der Waals surface area (Å²) >= 11 is -0.343. The first-order chi connectivity index (χ1) is 24.6. The fraction of sp³-hybridized carbons (Fsp3) is 0.850. The number of benzene rings is 1. The van der Waals surface area contributed by atoms with Crippen molar-refractivity contribution < 1.29 is 57.1 Å². The second-order valence-corrected chi connectivity index (χ2v) is 21.2. The number of alkyl halides is 13. The van der Waals surface area contributed by atoms with Crippen molar-refractivity contribution in [2.45, 2.75) is 152 Å². The van der Waals surface area contributed by atoms with Gasteiger partial charge in [0.2, 0.25) is 0 Å². The molecule has 0 unspecified atom stereocenters. The molecule has 5 fully saturated rings. The Bertz CT molecular complexity index is 1520. The molecule has 1 aromatic carbocycles. The van der Waals surface area contributed by atoms with Gasteiger partial charge in [0.1, 0.15) is 0 Å². The van der Waals surface area contributed by atoms with Crippen LogP contribution >= 0.6 is 0 Å². The molecule has 0 heterocycles. The summed E-state index contributed by atoms with van der Waals surface area (Å²) in [5, 5.41) is 0. The molecule has 0 aromatic heterocycles. The van der Waals surface area contributed by atoms with Gasteiger partial charge in [0, 0.05) is 0 Å². The van der Waals surface area contributed by atoms with Gasteiger partial charge in [0.25, 0.3) is 0 Å². The molecule has 0 amide bonds. The van der Waals surface area contributed by atoms with E-state index in [1.54, 1.807) is 0 Å². The molecule has 10 atom stereocenters. The van der Waals surface area contributed by atoms with Gasteiger partial charge in [-0.25, -0.2) is 0 Å². The Balaban J connectivity index is 1.12. The van der Waals surface area contributed by atoms with Crippen LogP contribution in [0.5, 0.6) is 0 Å². The molecule has 5 aliphatic rings. The Morgan fingerprint density at radius 1 is 0.648 bits per heavy atom. The molecule has 1 aromatic rings. The maximum atomic E-state index is 14.8. The van der Waals surface area contributed by atoms with Crippen LogP contribution < -0.4 is 4.46 Å². The van der Waals surface area contributed by atoms with Crippen LogP contribution in [0.2, 0.25) is 4.82 Å². The number of hydrogen-bond acceptors (Lipinski definition) is 0. The molecule has 0 nitrogen and oxygen atoms in total. The quantitative estimate of drug-likeness (QED) is 0.145. The fourth-order valence-electron chi connectivity index (χ4n) is 12.4. The number of halogens is 13. The first-order valence-electron chi connectivity index (χ1n) is 19.4. The number of fused-ring (bicyclic) bond motifs is 4. The van der Waals surface area contributed by atoms with Gasteiger partial charge in [-0.15, -0.1) is 0 Å². The van der Waals surface area contributed by atoms with Crippen molar-refractivity contribution in [2.24, 2.45) is 57.7 Å². The third kappa shape index (κ3) is 6.02. The van der Waals surface area contributed by atoms with Crippen molar-refractivity contribution in [2.75, 3.05) is 0 Å². The molecule has 5 aliphatic carbocycles. The molecule has 0 bridgehead atoms. The molecule has 14 heteroatoms. The van der Waals surface area contributed by atoms with E-state index in [0.29, 0.717) is 51.6 Å². The average molecular weight is 858 g/mol. The molecule has 0 N–H and O–H groups in total. The van der Waals surface area contributed by atoms with Crippen LogP contribution in [0, 0.1) is 57.7 Å². The normalized spacial score (nSPS) is 36.6.